The molecule has 0 radical (unpaired) electrons. The van der Waals surface area contributed by atoms with E-state index in [1.54, 1.807) is 0 Å². The van der Waals surface area contributed by atoms with Crippen LogP contribution in [-0.4, -0.2) is 5.97 Å². The Bertz CT molecular complexity index is 135. The molecular weight excluding hydrogens is 104 g/mol. The first-order chi connectivity index (χ1) is 3.79. The van der Waals surface area contributed by atoms with Crippen LogP contribution in [0.5, 0.6) is 0 Å². The van der Waals surface area contributed by atoms with Crippen LogP contribution in [-0.2, 0) is 9.53 Å². The van der Waals surface area contributed by atoms with Crippen LogP contribution in [0.1, 0.15) is 19.8 Å². The van der Waals surface area contributed by atoms with Crippen molar-refractivity contribution >= 4 is 5.97 Å². The highest BCUT2D eigenvalue weighted by atomic mass is 16.5. The molecular formula is C6H8O2. The molecule has 8 heavy (non-hydrogen) atoms. The van der Waals surface area contributed by atoms with Gasteiger partial charge in [-0.2, -0.15) is 0 Å². The normalized spacial score (nSPS) is 16.4. The number of allylic oxidation sites excluding steroid dienone is 2. The molecule has 1 aliphatic rings. The first-order valence-corrected chi connectivity index (χ1v) is 2.66. The lowest BCUT2D eigenvalue weighted by molar-refractivity contribution is -0.137. The number of carbonyl (C=O) groups is 1. The minimum atomic E-state index is -0.212. The fraction of sp³-hybridized carbons (Fsp3) is 0.500. The summed E-state index contributed by atoms with van der Waals surface area (Å²) in [5, 5.41) is 0. The summed E-state index contributed by atoms with van der Waals surface area (Å²) < 4.78 is 4.71. The lowest BCUT2D eigenvalue weighted by Gasteiger charge is -2.11. The van der Waals surface area contributed by atoms with E-state index in [9.17, 15) is 4.79 Å². The van der Waals surface area contributed by atoms with Gasteiger partial charge in [-0.25, -0.2) is 0 Å². The van der Waals surface area contributed by atoms with E-state index in [4.69, 9.17) is 4.74 Å². The molecule has 2 nitrogen and oxygen atoms in total. The molecule has 44 valence electrons. The van der Waals surface area contributed by atoms with Gasteiger partial charge in [-0.1, -0.05) is 0 Å². The van der Waals surface area contributed by atoms with E-state index in [0.717, 1.165) is 18.6 Å². The van der Waals surface area contributed by atoms with Crippen molar-refractivity contribution in [3.63, 3.8) is 0 Å². The maximum atomic E-state index is 10.2. The van der Waals surface area contributed by atoms with Crippen molar-refractivity contribution < 1.29 is 9.53 Å². The second-order valence-electron chi connectivity index (χ2n) is 1.80. The van der Waals surface area contributed by atoms with Gasteiger partial charge < -0.3 is 4.74 Å². The maximum absolute atomic E-state index is 10.2. The number of hydrogen-bond acceptors (Lipinski definition) is 2. The molecule has 1 aliphatic carbocycles. The molecule has 0 amide bonds. The van der Waals surface area contributed by atoms with Gasteiger partial charge in [0.15, 0.2) is 0 Å². The predicted molar refractivity (Wildman–Crippen MR) is 29.1 cm³/mol. The number of hydrogen-bond donors (Lipinski definition) is 0. The van der Waals surface area contributed by atoms with Crippen molar-refractivity contribution in [3.8, 4) is 0 Å². The van der Waals surface area contributed by atoms with Crippen LogP contribution >= 0.6 is 0 Å². The second-order valence-corrected chi connectivity index (χ2v) is 1.80. The van der Waals surface area contributed by atoms with Gasteiger partial charge in [-0.3, -0.25) is 4.79 Å². The Morgan fingerprint density at radius 2 is 2.50 bits per heavy atom. The van der Waals surface area contributed by atoms with E-state index in [1.807, 2.05) is 6.08 Å². The summed E-state index contributed by atoms with van der Waals surface area (Å²) in [6.07, 6.45) is 3.91. The van der Waals surface area contributed by atoms with Gasteiger partial charge in [-0.15, -0.1) is 0 Å². The van der Waals surface area contributed by atoms with Gasteiger partial charge in [0.25, 0.3) is 0 Å². The van der Waals surface area contributed by atoms with Gasteiger partial charge in [0.05, 0.1) is 0 Å². The summed E-state index contributed by atoms with van der Waals surface area (Å²) in [5.41, 5.74) is 0. The van der Waals surface area contributed by atoms with Gasteiger partial charge >= 0.3 is 5.97 Å². The molecule has 0 unspecified atom stereocenters. The lowest BCUT2D eigenvalue weighted by Crippen LogP contribution is -2.03. The highest BCUT2D eigenvalue weighted by Gasteiger charge is 2.07. The Morgan fingerprint density at radius 3 is 2.62 bits per heavy atom. The highest BCUT2D eigenvalue weighted by Crippen LogP contribution is 2.18. The standard InChI is InChI=1S/C6H8O2/c1-5(7)8-6-3-2-4-6/h3H,2,4H2,1H3. The van der Waals surface area contributed by atoms with Crippen LogP contribution in [0.4, 0.5) is 0 Å². The minimum Gasteiger partial charge on any atom is -0.432 e. The van der Waals surface area contributed by atoms with E-state index < -0.39 is 0 Å². The molecule has 0 aromatic rings. The largest absolute Gasteiger partial charge is 0.432 e. The highest BCUT2D eigenvalue weighted by molar-refractivity contribution is 5.67. The topological polar surface area (TPSA) is 26.3 Å². The van der Waals surface area contributed by atoms with E-state index in [2.05, 4.69) is 0 Å². The first kappa shape index (κ1) is 5.35. The zero-order chi connectivity index (χ0) is 5.98. The van der Waals surface area contributed by atoms with Crippen LogP contribution < -0.4 is 0 Å². The minimum absolute atomic E-state index is 0.212. The summed E-state index contributed by atoms with van der Waals surface area (Å²) in [4.78, 5) is 10.2. The Balaban J connectivity index is 2.29. The van der Waals surface area contributed by atoms with Gasteiger partial charge in [0.1, 0.15) is 5.76 Å². The van der Waals surface area contributed by atoms with Crippen molar-refractivity contribution in [2.24, 2.45) is 0 Å². The first-order valence-electron chi connectivity index (χ1n) is 2.66. The molecule has 0 bridgehead atoms. The molecule has 0 aliphatic heterocycles. The zero-order valence-corrected chi connectivity index (χ0v) is 4.81. The summed E-state index contributed by atoms with van der Waals surface area (Å²) in [7, 11) is 0. The molecule has 2 heteroatoms. The van der Waals surface area contributed by atoms with Gasteiger partial charge in [0, 0.05) is 13.3 Å². The Morgan fingerprint density at radius 1 is 1.88 bits per heavy atom. The van der Waals surface area contributed by atoms with Crippen LogP contribution in [0.15, 0.2) is 11.8 Å². The summed E-state index contributed by atoms with van der Waals surface area (Å²) >= 11 is 0. The monoisotopic (exact) mass is 112 g/mol. The van der Waals surface area contributed by atoms with Crippen LogP contribution in [0, 0.1) is 0 Å². The molecule has 1 rings (SSSR count). The number of esters is 1. The maximum Gasteiger partial charge on any atom is 0.307 e. The number of rotatable bonds is 1. The van der Waals surface area contributed by atoms with E-state index in [-0.39, 0.29) is 5.97 Å². The van der Waals surface area contributed by atoms with E-state index >= 15 is 0 Å². The zero-order valence-electron chi connectivity index (χ0n) is 4.81. The third kappa shape index (κ3) is 1.09. The quantitative estimate of drug-likeness (QED) is 0.477. The Kier molecular flexibility index (Phi) is 1.33. The van der Waals surface area contributed by atoms with E-state index in [0.29, 0.717) is 0 Å². The number of carbonyl (C=O) groups excluding carboxylic acids is 1. The van der Waals surface area contributed by atoms with Gasteiger partial charge in [0.2, 0.25) is 0 Å². The molecule has 0 saturated carbocycles. The van der Waals surface area contributed by atoms with Gasteiger partial charge in [-0.05, 0) is 12.5 Å². The summed E-state index contributed by atoms with van der Waals surface area (Å²) in [6.45, 7) is 1.42. The summed E-state index contributed by atoms with van der Waals surface area (Å²) in [6, 6.07) is 0. The fourth-order valence-corrected chi connectivity index (χ4v) is 0.539. The second kappa shape index (κ2) is 1.99. The lowest BCUT2D eigenvalue weighted by atomic mass is 10.1. The molecule has 0 saturated heterocycles. The van der Waals surface area contributed by atoms with Crippen molar-refractivity contribution in [3.05, 3.63) is 11.8 Å². The van der Waals surface area contributed by atoms with Crippen LogP contribution in [0.2, 0.25) is 0 Å². The Labute approximate surface area is 48.1 Å². The average molecular weight is 112 g/mol. The fourth-order valence-electron chi connectivity index (χ4n) is 0.539. The molecule has 0 aromatic carbocycles. The molecule has 0 heterocycles. The number of ether oxygens (including phenoxy) is 1. The Hall–Kier alpha value is -0.790. The smallest absolute Gasteiger partial charge is 0.307 e. The SMILES string of the molecule is CC(=O)OC1=CCC1. The van der Waals surface area contributed by atoms with Crippen LogP contribution in [0.3, 0.4) is 0 Å². The predicted octanol–water partition coefficient (Wildman–Crippen LogP) is 1.23. The molecule has 0 aromatic heterocycles. The third-order valence-electron chi connectivity index (χ3n) is 1.04. The molecule has 0 N–H and O–H groups in total. The molecule has 0 atom stereocenters. The van der Waals surface area contributed by atoms with E-state index in [1.165, 1.54) is 6.92 Å². The van der Waals surface area contributed by atoms with Crippen molar-refractivity contribution in [2.45, 2.75) is 19.8 Å². The molecule has 0 spiro atoms. The summed E-state index contributed by atoms with van der Waals surface area (Å²) in [5.74, 6) is 0.619. The van der Waals surface area contributed by atoms with Crippen molar-refractivity contribution in [1.82, 2.24) is 0 Å². The average Bonchev–Trinajstić information content (AvgIpc) is 1.55. The van der Waals surface area contributed by atoms with Crippen LogP contribution in [0.25, 0.3) is 0 Å². The van der Waals surface area contributed by atoms with Crippen molar-refractivity contribution in [1.29, 1.82) is 0 Å². The van der Waals surface area contributed by atoms with Crippen molar-refractivity contribution in [2.75, 3.05) is 0 Å². The molecule has 0 fully saturated rings. The third-order valence-corrected chi connectivity index (χ3v) is 1.04.